The molecule has 0 aromatic heterocycles. The number of hydrogen-bond acceptors (Lipinski definition) is 6. The lowest BCUT2D eigenvalue weighted by molar-refractivity contribution is -0.159. The molecule has 0 saturated carbocycles. The molecular formula is C18H25N3O6. The maximum absolute atomic E-state index is 12.3. The molecule has 148 valence electrons. The molecule has 2 N–H and O–H groups in total. The molecule has 1 saturated heterocycles. The quantitative estimate of drug-likeness (QED) is 0.417. The Hall–Kier alpha value is -2.71. The molecule has 3 atom stereocenters. The molecule has 27 heavy (non-hydrogen) atoms. The van der Waals surface area contributed by atoms with Gasteiger partial charge in [-0.05, 0) is 40.5 Å². The highest BCUT2D eigenvalue weighted by molar-refractivity contribution is 6.07. The van der Waals surface area contributed by atoms with Gasteiger partial charge in [-0.3, -0.25) is 29.4 Å². The van der Waals surface area contributed by atoms with Gasteiger partial charge < -0.3 is 10.1 Å². The van der Waals surface area contributed by atoms with Crippen LogP contribution in [0.4, 0.5) is 4.79 Å². The van der Waals surface area contributed by atoms with Crippen LogP contribution in [-0.2, 0) is 23.9 Å². The SMILES string of the molecule is C[C@H](OC(=O)CN1C(=O)[C@H]2CC=CC[C@H]2C1=O)C(=O)NC(=O)NC(C)(C)C. The van der Waals surface area contributed by atoms with Gasteiger partial charge in [0.2, 0.25) is 11.8 Å². The normalized spacial score (nSPS) is 22.9. The van der Waals surface area contributed by atoms with Gasteiger partial charge in [-0.25, -0.2) is 4.79 Å². The van der Waals surface area contributed by atoms with Crippen LogP contribution >= 0.6 is 0 Å². The molecule has 1 aliphatic heterocycles. The van der Waals surface area contributed by atoms with Crippen molar-refractivity contribution < 1.29 is 28.7 Å². The minimum absolute atomic E-state index is 0.395. The minimum atomic E-state index is -1.25. The fraction of sp³-hybridized carbons (Fsp3) is 0.611. The van der Waals surface area contributed by atoms with Gasteiger partial charge in [0.25, 0.3) is 5.91 Å². The van der Waals surface area contributed by atoms with Gasteiger partial charge >= 0.3 is 12.0 Å². The lowest BCUT2D eigenvalue weighted by Crippen LogP contribution is -2.51. The van der Waals surface area contributed by atoms with E-state index in [1.165, 1.54) is 6.92 Å². The zero-order valence-corrected chi connectivity index (χ0v) is 15.9. The van der Waals surface area contributed by atoms with Crippen molar-refractivity contribution in [1.29, 1.82) is 0 Å². The second-order valence-electron chi connectivity index (χ2n) is 7.74. The zero-order valence-electron chi connectivity index (χ0n) is 15.9. The van der Waals surface area contributed by atoms with Gasteiger partial charge in [-0.2, -0.15) is 0 Å². The van der Waals surface area contributed by atoms with Crippen LogP contribution in [0.25, 0.3) is 0 Å². The predicted octanol–water partition coefficient (Wildman–Crippen LogP) is 0.494. The van der Waals surface area contributed by atoms with E-state index in [1.54, 1.807) is 20.8 Å². The third-order valence-electron chi connectivity index (χ3n) is 4.29. The molecule has 0 aromatic rings. The maximum atomic E-state index is 12.3. The summed E-state index contributed by atoms with van der Waals surface area (Å²) in [7, 11) is 0. The number of carbonyl (C=O) groups excluding carboxylic acids is 5. The monoisotopic (exact) mass is 379 g/mol. The summed E-state index contributed by atoms with van der Waals surface area (Å²) < 4.78 is 4.96. The third-order valence-corrected chi connectivity index (χ3v) is 4.29. The molecule has 2 rings (SSSR count). The van der Waals surface area contributed by atoms with Crippen LogP contribution in [0, 0.1) is 11.8 Å². The lowest BCUT2D eigenvalue weighted by atomic mass is 9.85. The molecule has 0 unspecified atom stereocenters. The number of likely N-dealkylation sites (tertiary alicyclic amines) is 1. The first-order valence-electron chi connectivity index (χ1n) is 8.82. The standard InChI is InChI=1S/C18H25N3O6/c1-10(14(23)19-17(26)20-18(2,3)4)27-13(22)9-21-15(24)11-7-5-6-8-12(11)16(21)25/h5-6,10-12H,7-9H2,1-4H3,(H2,19,20,23,26)/t10-,11-,12+/m0/s1. The number of esters is 1. The van der Waals surface area contributed by atoms with Crippen molar-refractivity contribution in [3.05, 3.63) is 12.2 Å². The van der Waals surface area contributed by atoms with Crippen molar-refractivity contribution in [1.82, 2.24) is 15.5 Å². The highest BCUT2D eigenvalue weighted by Crippen LogP contribution is 2.34. The third kappa shape index (κ3) is 5.15. The Morgan fingerprint density at radius 2 is 1.67 bits per heavy atom. The Labute approximate surface area is 157 Å². The van der Waals surface area contributed by atoms with Crippen LogP contribution in [0.2, 0.25) is 0 Å². The Balaban J connectivity index is 1.86. The van der Waals surface area contributed by atoms with E-state index < -0.39 is 59.7 Å². The van der Waals surface area contributed by atoms with Crippen molar-refractivity contribution >= 4 is 29.7 Å². The molecule has 0 aromatic carbocycles. The number of allylic oxidation sites excluding steroid dienone is 2. The summed E-state index contributed by atoms with van der Waals surface area (Å²) in [5, 5.41) is 4.61. The van der Waals surface area contributed by atoms with Crippen LogP contribution in [0.5, 0.6) is 0 Å². The van der Waals surface area contributed by atoms with Crippen molar-refractivity contribution in [2.75, 3.05) is 6.54 Å². The number of ether oxygens (including phenoxy) is 1. The first-order valence-corrected chi connectivity index (χ1v) is 8.82. The molecular weight excluding hydrogens is 354 g/mol. The summed E-state index contributed by atoms with van der Waals surface area (Å²) in [6.07, 6.45) is 3.40. The second kappa shape index (κ2) is 7.89. The number of hydrogen-bond donors (Lipinski definition) is 2. The van der Waals surface area contributed by atoms with Crippen molar-refractivity contribution in [3.63, 3.8) is 0 Å². The van der Waals surface area contributed by atoms with E-state index in [0.29, 0.717) is 12.8 Å². The summed E-state index contributed by atoms with van der Waals surface area (Å²) in [6, 6.07) is -0.711. The molecule has 0 radical (unpaired) electrons. The number of carbonyl (C=O) groups is 5. The highest BCUT2D eigenvalue weighted by atomic mass is 16.5. The van der Waals surface area contributed by atoms with Gasteiger partial charge in [-0.15, -0.1) is 0 Å². The largest absolute Gasteiger partial charge is 0.451 e. The van der Waals surface area contributed by atoms with E-state index in [9.17, 15) is 24.0 Å². The average molecular weight is 379 g/mol. The molecule has 5 amide bonds. The Kier molecular flexibility index (Phi) is 6.02. The van der Waals surface area contributed by atoms with Crippen molar-refractivity contribution in [3.8, 4) is 0 Å². The number of rotatable bonds is 4. The number of nitrogens with one attached hydrogen (secondary N) is 2. The maximum Gasteiger partial charge on any atom is 0.326 e. The Bertz CT molecular complexity index is 668. The van der Waals surface area contributed by atoms with Crippen LogP contribution in [0.1, 0.15) is 40.5 Å². The van der Waals surface area contributed by atoms with Gasteiger partial charge in [0.15, 0.2) is 6.10 Å². The van der Waals surface area contributed by atoms with Gasteiger partial charge in [0, 0.05) is 5.54 Å². The first kappa shape index (κ1) is 20.6. The fourth-order valence-corrected chi connectivity index (χ4v) is 3.03. The average Bonchev–Trinajstić information content (AvgIpc) is 2.78. The van der Waals surface area contributed by atoms with E-state index in [1.807, 2.05) is 12.2 Å². The minimum Gasteiger partial charge on any atom is -0.451 e. The number of amides is 5. The number of urea groups is 1. The van der Waals surface area contributed by atoms with Crippen LogP contribution in [0.15, 0.2) is 12.2 Å². The molecule has 9 heteroatoms. The molecule has 1 aliphatic carbocycles. The summed E-state index contributed by atoms with van der Waals surface area (Å²) in [5.41, 5.74) is -0.535. The highest BCUT2D eigenvalue weighted by Gasteiger charge is 2.47. The van der Waals surface area contributed by atoms with E-state index in [2.05, 4.69) is 10.6 Å². The number of imide groups is 2. The molecule has 1 heterocycles. The van der Waals surface area contributed by atoms with Gasteiger partial charge in [0.1, 0.15) is 6.54 Å². The van der Waals surface area contributed by atoms with Gasteiger partial charge in [0.05, 0.1) is 11.8 Å². The smallest absolute Gasteiger partial charge is 0.326 e. The fourth-order valence-electron chi connectivity index (χ4n) is 3.03. The summed E-state index contributed by atoms with van der Waals surface area (Å²) in [6.45, 7) is 6.00. The van der Waals surface area contributed by atoms with Crippen molar-refractivity contribution in [2.24, 2.45) is 11.8 Å². The Morgan fingerprint density at radius 3 is 2.15 bits per heavy atom. The van der Waals surface area contributed by atoms with E-state index in [0.717, 1.165) is 4.90 Å². The van der Waals surface area contributed by atoms with E-state index >= 15 is 0 Å². The topological polar surface area (TPSA) is 122 Å². The summed E-state index contributed by atoms with van der Waals surface area (Å²) in [5.74, 6) is -3.35. The first-order chi connectivity index (χ1) is 12.5. The van der Waals surface area contributed by atoms with Gasteiger partial charge in [-0.1, -0.05) is 12.2 Å². The van der Waals surface area contributed by atoms with Crippen LogP contribution < -0.4 is 10.6 Å². The zero-order chi connectivity index (χ0) is 20.4. The molecule has 9 nitrogen and oxygen atoms in total. The molecule has 2 aliphatic rings. The Morgan fingerprint density at radius 1 is 1.15 bits per heavy atom. The van der Waals surface area contributed by atoms with Crippen LogP contribution in [-0.4, -0.2) is 52.8 Å². The van der Waals surface area contributed by atoms with Crippen LogP contribution in [0.3, 0.4) is 0 Å². The molecule has 1 fully saturated rings. The second-order valence-corrected chi connectivity index (χ2v) is 7.74. The van der Waals surface area contributed by atoms with E-state index in [-0.39, 0.29) is 0 Å². The molecule has 0 spiro atoms. The summed E-state index contributed by atoms with van der Waals surface area (Å²) in [4.78, 5) is 61.2. The van der Waals surface area contributed by atoms with Crippen molar-refractivity contribution in [2.45, 2.75) is 52.2 Å². The number of fused-ring (bicyclic) bond motifs is 1. The summed E-state index contributed by atoms with van der Waals surface area (Å²) >= 11 is 0. The number of nitrogens with zero attached hydrogens (tertiary/aromatic N) is 1. The van der Waals surface area contributed by atoms with E-state index in [4.69, 9.17) is 4.74 Å². The lowest BCUT2D eigenvalue weighted by Gasteiger charge is -2.21. The molecule has 0 bridgehead atoms. The predicted molar refractivity (Wildman–Crippen MR) is 94.1 cm³/mol.